The molecule has 28 heavy (non-hydrogen) atoms. The molecule has 1 N–H and O–H groups in total. The first-order valence-electron chi connectivity index (χ1n) is 8.56. The molecule has 0 saturated carbocycles. The topological polar surface area (TPSA) is 92.8 Å². The first-order chi connectivity index (χ1) is 13.5. The molecule has 0 unspecified atom stereocenters. The standard InChI is InChI=1S/C20H17ClN2O5/c21-16-9-5-4-8-15(16)19(26)22-23-11-14(10-18(23)25)20(27)28-12-17(24)13-6-2-1-3-7-13/h1-9,14H,10-12H2,(H,22,26)/t14-/m0/s1. The lowest BCUT2D eigenvalue weighted by molar-refractivity contribution is -0.147. The molecule has 144 valence electrons. The van der Waals surface area contributed by atoms with E-state index in [2.05, 4.69) is 5.43 Å². The zero-order valence-electron chi connectivity index (χ0n) is 14.8. The summed E-state index contributed by atoms with van der Waals surface area (Å²) in [5.74, 6) is -2.72. The first kappa shape index (κ1) is 19.6. The highest BCUT2D eigenvalue weighted by molar-refractivity contribution is 6.33. The molecular formula is C20H17ClN2O5. The fourth-order valence-electron chi connectivity index (χ4n) is 2.76. The number of halogens is 1. The highest BCUT2D eigenvalue weighted by Gasteiger charge is 2.36. The lowest BCUT2D eigenvalue weighted by atomic mass is 10.1. The number of Topliss-reactive ketones (excluding diaryl/α,β-unsaturated/α-hetero) is 1. The Balaban J connectivity index is 1.53. The Bertz CT molecular complexity index is 916. The summed E-state index contributed by atoms with van der Waals surface area (Å²) in [5, 5.41) is 1.32. The number of hydrogen-bond acceptors (Lipinski definition) is 5. The number of rotatable bonds is 6. The maximum absolute atomic E-state index is 12.3. The summed E-state index contributed by atoms with van der Waals surface area (Å²) in [6.07, 6.45) is -0.110. The highest BCUT2D eigenvalue weighted by Crippen LogP contribution is 2.19. The Morgan fingerprint density at radius 3 is 2.46 bits per heavy atom. The Hall–Kier alpha value is -3.19. The van der Waals surface area contributed by atoms with E-state index in [1.165, 1.54) is 6.07 Å². The van der Waals surface area contributed by atoms with E-state index in [4.69, 9.17) is 16.3 Å². The van der Waals surface area contributed by atoms with Gasteiger partial charge in [0.2, 0.25) is 5.91 Å². The molecule has 8 heteroatoms. The number of hydrazine groups is 1. The van der Waals surface area contributed by atoms with Gasteiger partial charge in [0.05, 0.1) is 23.0 Å². The molecule has 1 saturated heterocycles. The van der Waals surface area contributed by atoms with Crippen LogP contribution in [0.3, 0.4) is 0 Å². The molecule has 3 rings (SSSR count). The molecular weight excluding hydrogens is 384 g/mol. The van der Waals surface area contributed by atoms with Crippen molar-refractivity contribution in [1.29, 1.82) is 0 Å². The molecule has 1 atom stereocenters. The molecule has 1 fully saturated rings. The van der Waals surface area contributed by atoms with Crippen molar-refractivity contribution in [3.05, 3.63) is 70.7 Å². The van der Waals surface area contributed by atoms with Crippen LogP contribution in [-0.4, -0.2) is 41.7 Å². The zero-order valence-corrected chi connectivity index (χ0v) is 15.5. The Kier molecular flexibility index (Phi) is 6.06. The first-order valence-corrected chi connectivity index (χ1v) is 8.94. The van der Waals surface area contributed by atoms with E-state index in [0.29, 0.717) is 5.56 Å². The predicted octanol–water partition coefficient (Wildman–Crippen LogP) is 2.26. The van der Waals surface area contributed by atoms with Gasteiger partial charge >= 0.3 is 5.97 Å². The van der Waals surface area contributed by atoms with Crippen molar-refractivity contribution < 1.29 is 23.9 Å². The summed E-state index contributed by atoms with van der Waals surface area (Å²) >= 11 is 5.97. The zero-order chi connectivity index (χ0) is 20.1. The number of amides is 2. The molecule has 0 radical (unpaired) electrons. The third-order valence-corrected chi connectivity index (χ3v) is 4.58. The van der Waals surface area contributed by atoms with Gasteiger partial charge < -0.3 is 4.74 Å². The highest BCUT2D eigenvalue weighted by atomic mass is 35.5. The Labute approximate surface area is 166 Å². The van der Waals surface area contributed by atoms with E-state index < -0.39 is 30.3 Å². The second-order valence-corrected chi connectivity index (χ2v) is 6.63. The monoisotopic (exact) mass is 400 g/mol. The van der Waals surface area contributed by atoms with Crippen molar-refractivity contribution in [2.75, 3.05) is 13.2 Å². The van der Waals surface area contributed by atoms with Crippen LogP contribution in [0.2, 0.25) is 5.02 Å². The van der Waals surface area contributed by atoms with Gasteiger partial charge in [-0.25, -0.2) is 0 Å². The third-order valence-electron chi connectivity index (χ3n) is 4.25. The fourth-order valence-corrected chi connectivity index (χ4v) is 2.99. The number of esters is 1. The van der Waals surface area contributed by atoms with Crippen LogP contribution in [0.25, 0.3) is 0 Å². The van der Waals surface area contributed by atoms with Gasteiger partial charge in [-0.05, 0) is 12.1 Å². The lowest BCUT2D eigenvalue weighted by Crippen LogP contribution is -2.43. The minimum atomic E-state index is -0.761. The van der Waals surface area contributed by atoms with Gasteiger partial charge in [0.15, 0.2) is 12.4 Å². The van der Waals surface area contributed by atoms with E-state index in [1.54, 1.807) is 48.5 Å². The largest absolute Gasteiger partial charge is 0.457 e. The van der Waals surface area contributed by atoms with Gasteiger partial charge in [-0.1, -0.05) is 54.1 Å². The maximum Gasteiger partial charge on any atom is 0.311 e. The minimum Gasteiger partial charge on any atom is -0.457 e. The maximum atomic E-state index is 12.3. The predicted molar refractivity (Wildman–Crippen MR) is 100 cm³/mol. The van der Waals surface area contributed by atoms with Crippen molar-refractivity contribution in [3.8, 4) is 0 Å². The molecule has 1 aliphatic heterocycles. The van der Waals surface area contributed by atoms with Gasteiger partial charge in [-0.15, -0.1) is 0 Å². The van der Waals surface area contributed by atoms with Crippen LogP contribution in [0, 0.1) is 5.92 Å². The third kappa shape index (κ3) is 4.55. The van der Waals surface area contributed by atoms with Crippen LogP contribution < -0.4 is 5.43 Å². The van der Waals surface area contributed by atoms with Gasteiger partial charge in [-0.2, -0.15) is 0 Å². The summed E-state index contributed by atoms with van der Waals surface area (Å²) in [4.78, 5) is 48.6. The Morgan fingerprint density at radius 1 is 1.07 bits per heavy atom. The SMILES string of the molecule is O=C(COC(=O)[C@H]1CC(=O)N(NC(=O)c2ccccc2Cl)C1)c1ccccc1. The van der Waals surface area contributed by atoms with Crippen molar-refractivity contribution in [3.63, 3.8) is 0 Å². The molecule has 1 aliphatic rings. The summed E-state index contributed by atoms with van der Waals surface area (Å²) < 4.78 is 5.05. The van der Waals surface area contributed by atoms with Gasteiger partial charge in [0, 0.05) is 12.0 Å². The average Bonchev–Trinajstić information content (AvgIpc) is 3.07. The smallest absolute Gasteiger partial charge is 0.311 e. The van der Waals surface area contributed by atoms with Crippen LogP contribution in [0.4, 0.5) is 0 Å². The van der Waals surface area contributed by atoms with E-state index >= 15 is 0 Å². The molecule has 2 aromatic carbocycles. The number of nitrogens with one attached hydrogen (secondary N) is 1. The van der Waals surface area contributed by atoms with Crippen LogP contribution in [0.15, 0.2) is 54.6 Å². The fraction of sp³-hybridized carbons (Fsp3) is 0.200. The van der Waals surface area contributed by atoms with Gasteiger partial charge in [0.1, 0.15) is 0 Å². The number of benzene rings is 2. The summed E-state index contributed by atoms with van der Waals surface area (Å²) in [7, 11) is 0. The molecule has 2 amide bonds. The number of carbonyl (C=O) groups is 4. The number of hydrogen-bond donors (Lipinski definition) is 1. The molecule has 7 nitrogen and oxygen atoms in total. The normalized spacial score (nSPS) is 16.0. The molecule has 2 aromatic rings. The van der Waals surface area contributed by atoms with E-state index in [-0.39, 0.29) is 29.3 Å². The van der Waals surface area contributed by atoms with Gasteiger partial charge in [-0.3, -0.25) is 29.6 Å². The van der Waals surface area contributed by atoms with Crippen molar-refractivity contribution in [2.45, 2.75) is 6.42 Å². The van der Waals surface area contributed by atoms with Gasteiger partial charge in [0.25, 0.3) is 5.91 Å². The van der Waals surface area contributed by atoms with Crippen molar-refractivity contribution in [2.24, 2.45) is 5.92 Å². The number of ketones is 1. The van der Waals surface area contributed by atoms with Crippen LogP contribution >= 0.6 is 11.6 Å². The summed E-state index contributed by atoms with van der Waals surface area (Å²) in [6.45, 7) is -0.438. The quantitative estimate of drug-likeness (QED) is 0.593. The molecule has 1 heterocycles. The molecule has 0 bridgehead atoms. The molecule has 0 aromatic heterocycles. The second kappa shape index (κ2) is 8.67. The van der Waals surface area contributed by atoms with Crippen molar-refractivity contribution in [1.82, 2.24) is 10.4 Å². The van der Waals surface area contributed by atoms with Crippen molar-refractivity contribution >= 4 is 35.2 Å². The Morgan fingerprint density at radius 2 is 1.75 bits per heavy atom. The number of nitrogens with zero attached hydrogens (tertiary/aromatic N) is 1. The summed E-state index contributed by atoms with van der Waals surface area (Å²) in [6, 6.07) is 14.9. The molecule has 0 aliphatic carbocycles. The van der Waals surface area contributed by atoms with E-state index in [1.807, 2.05) is 0 Å². The second-order valence-electron chi connectivity index (χ2n) is 6.22. The van der Waals surface area contributed by atoms with Crippen LogP contribution in [-0.2, 0) is 14.3 Å². The van der Waals surface area contributed by atoms with Crippen LogP contribution in [0.1, 0.15) is 27.1 Å². The number of ether oxygens (including phenoxy) is 1. The van der Waals surface area contributed by atoms with E-state index in [9.17, 15) is 19.2 Å². The lowest BCUT2D eigenvalue weighted by Gasteiger charge is -2.18. The van der Waals surface area contributed by atoms with Crippen LogP contribution in [0.5, 0.6) is 0 Å². The van der Waals surface area contributed by atoms with E-state index in [0.717, 1.165) is 5.01 Å². The molecule has 0 spiro atoms. The minimum absolute atomic E-state index is 0.0343. The average molecular weight is 401 g/mol. The number of carbonyl (C=O) groups excluding carboxylic acids is 4. The summed E-state index contributed by atoms with van der Waals surface area (Å²) in [5.41, 5.74) is 3.10.